The Bertz CT molecular complexity index is 330. The van der Waals surface area contributed by atoms with Gasteiger partial charge in [-0.2, -0.15) is 9.37 Å². The predicted octanol–water partition coefficient (Wildman–Crippen LogP) is 1.53. The summed E-state index contributed by atoms with van der Waals surface area (Å²) < 4.78 is 17.6. The number of ether oxygens (including phenoxy) is 1. The van der Waals surface area contributed by atoms with Gasteiger partial charge >= 0.3 is 5.69 Å². The van der Waals surface area contributed by atoms with Gasteiger partial charge in [-0.3, -0.25) is 10.1 Å². The zero-order valence-corrected chi connectivity index (χ0v) is 6.86. The van der Waals surface area contributed by atoms with Gasteiger partial charge in [-0.1, -0.05) is 0 Å². The number of halogens is 1. The maximum Gasteiger partial charge on any atom is 0.324 e. The third kappa shape index (κ3) is 2.11. The zero-order chi connectivity index (χ0) is 9.84. The molecule has 0 saturated heterocycles. The second-order valence-electron chi connectivity index (χ2n) is 2.15. The molecule has 0 spiro atoms. The predicted molar refractivity (Wildman–Crippen MR) is 42.0 cm³/mol. The molecule has 0 saturated carbocycles. The third-order valence-electron chi connectivity index (χ3n) is 1.29. The van der Waals surface area contributed by atoms with Gasteiger partial charge in [0.15, 0.2) is 0 Å². The van der Waals surface area contributed by atoms with Crippen LogP contribution in [0.5, 0.6) is 5.88 Å². The topological polar surface area (TPSA) is 65.3 Å². The van der Waals surface area contributed by atoms with Gasteiger partial charge in [0.05, 0.1) is 11.5 Å². The summed E-state index contributed by atoms with van der Waals surface area (Å²) in [6, 6.07) is 2.28. The molecule has 0 amide bonds. The fourth-order valence-corrected chi connectivity index (χ4v) is 0.775. The van der Waals surface area contributed by atoms with Crippen molar-refractivity contribution in [2.75, 3.05) is 6.61 Å². The van der Waals surface area contributed by atoms with Crippen molar-refractivity contribution in [3.8, 4) is 5.88 Å². The minimum absolute atomic E-state index is 0.0469. The third-order valence-corrected chi connectivity index (χ3v) is 1.29. The van der Waals surface area contributed by atoms with Gasteiger partial charge in [-0.25, -0.2) is 0 Å². The summed E-state index contributed by atoms with van der Waals surface area (Å²) >= 11 is 0. The Morgan fingerprint density at radius 1 is 1.69 bits per heavy atom. The van der Waals surface area contributed by atoms with Crippen LogP contribution in [0.15, 0.2) is 12.1 Å². The lowest BCUT2D eigenvalue weighted by Crippen LogP contribution is -1.99. The van der Waals surface area contributed by atoms with Crippen molar-refractivity contribution in [1.82, 2.24) is 4.98 Å². The van der Waals surface area contributed by atoms with E-state index in [4.69, 9.17) is 4.74 Å². The van der Waals surface area contributed by atoms with Crippen LogP contribution >= 0.6 is 0 Å². The first-order chi connectivity index (χ1) is 6.15. The van der Waals surface area contributed by atoms with E-state index in [0.717, 1.165) is 6.07 Å². The van der Waals surface area contributed by atoms with Crippen molar-refractivity contribution in [3.63, 3.8) is 0 Å². The summed E-state index contributed by atoms with van der Waals surface area (Å²) in [6.07, 6.45) is 0. The van der Waals surface area contributed by atoms with Gasteiger partial charge in [-0.05, 0) is 6.92 Å². The molecule has 0 aliphatic heterocycles. The van der Waals surface area contributed by atoms with Gasteiger partial charge in [0.25, 0.3) is 5.95 Å². The van der Waals surface area contributed by atoms with Crippen LogP contribution in [0, 0.1) is 16.1 Å². The summed E-state index contributed by atoms with van der Waals surface area (Å²) in [6.45, 7) is 2.05. The van der Waals surface area contributed by atoms with Crippen molar-refractivity contribution in [3.05, 3.63) is 28.2 Å². The molecular weight excluding hydrogens is 179 g/mol. The van der Waals surface area contributed by atoms with Gasteiger partial charge in [0.2, 0.25) is 5.88 Å². The smallest absolute Gasteiger partial charge is 0.324 e. The van der Waals surface area contributed by atoms with Crippen molar-refractivity contribution >= 4 is 5.69 Å². The van der Waals surface area contributed by atoms with Crippen LogP contribution < -0.4 is 4.74 Å². The lowest BCUT2D eigenvalue weighted by molar-refractivity contribution is -0.388. The molecule has 0 aromatic carbocycles. The molecule has 0 aliphatic carbocycles. The van der Waals surface area contributed by atoms with Crippen LogP contribution in [0.2, 0.25) is 0 Å². The molecule has 1 aromatic heterocycles. The van der Waals surface area contributed by atoms with Crippen LogP contribution in [0.3, 0.4) is 0 Å². The molecule has 13 heavy (non-hydrogen) atoms. The highest BCUT2D eigenvalue weighted by Gasteiger charge is 2.15. The molecule has 0 bridgehead atoms. The van der Waals surface area contributed by atoms with E-state index in [1.54, 1.807) is 6.92 Å². The molecule has 1 aromatic rings. The molecule has 5 nitrogen and oxygen atoms in total. The van der Waals surface area contributed by atoms with Crippen molar-refractivity contribution in [1.29, 1.82) is 0 Å². The fraction of sp³-hybridized carbons (Fsp3) is 0.286. The quantitative estimate of drug-likeness (QED) is 0.408. The van der Waals surface area contributed by atoms with Crippen molar-refractivity contribution in [2.45, 2.75) is 6.92 Å². The Hall–Kier alpha value is -1.72. The SMILES string of the molecule is CCOc1ccc([N+](=O)[O-])c(F)n1. The molecule has 70 valence electrons. The first-order valence-corrected chi connectivity index (χ1v) is 3.59. The zero-order valence-electron chi connectivity index (χ0n) is 6.86. The van der Waals surface area contributed by atoms with E-state index in [-0.39, 0.29) is 5.88 Å². The van der Waals surface area contributed by atoms with E-state index in [2.05, 4.69) is 4.98 Å². The number of nitro groups is 1. The molecular formula is C7H7FN2O3. The average Bonchev–Trinajstić information content (AvgIpc) is 2.04. The minimum atomic E-state index is -1.13. The molecule has 6 heteroatoms. The fourth-order valence-electron chi connectivity index (χ4n) is 0.775. The van der Waals surface area contributed by atoms with E-state index in [1.807, 2.05) is 0 Å². The number of aromatic nitrogens is 1. The van der Waals surface area contributed by atoms with Crippen LogP contribution in [0.4, 0.5) is 10.1 Å². The average molecular weight is 186 g/mol. The summed E-state index contributed by atoms with van der Waals surface area (Å²) in [5.41, 5.74) is -0.650. The van der Waals surface area contributed by atoms with Crippen LogP contribution in [-0.4, -0.2) is 16.5 Å². The molecule has 0 aliphatic rings. The first-order valence-electron chi connectivity index (χ1n) is 3.59. The highest BCUT2D eigenvalue weighted by molar-refractivity contribution is 5.30. The normalized spacial score (nSPS) is 9.69. The number of nitrogens with zero attached hydrogens (tertiary/aromatic N) is 2. The summed E-state index contributed by atoms with van der Waals surface area (Å²) in [5.74, 6) is -1.08. The number of rotatable bonds is 3. The summed E-state index contributed by atoms with van der Waals surface area (Å²) in [7, 11) is 0. The number of pyridine rings is 1. The van der Waals surface area contributed by atoms with Crippen LogP contribution in [0.1, 0.15) is 6.92 Å². The largest absolute Gasteiger partial charge is 0.478 e. The maximum atomic E-state index is 12.8. The van der Waals surface area contributed by atoms with Crippen molar-refractivity contribution < 1.29 is 14.1 Å². The highest BCUT2D eigenvalue weighted by atomic mass is 19.1. The number of hydrogen-bond acceptors (Lipinski definition) is 4. The minimum Gasteiger partial charge on any atom is -0.478 e. The monoisotopic (exact) mass is 186 g/mol. The van der Waals surface area contributed by atoms with E-state index in [9.17, 15) is 14.5 Å². The molecule has 1 rings (SSSR count). The number of hydrogen-bond donors (Lipinski definition) is 0. The summed E-state index contributed by atoms with van der Waals surface area (Å²) in [4.78, 5) is 12.6. The Balaban J connectivity index is 2.98. The van der Waals surface area contributed by atoms with Gasteiger partial charge in [-0.15, -0.1) is 0 Å². The first kappa shape index (κ1) is 9.37. The Morgan fingerprint density at radius 2 is 2.38 bits per heavy atom. The Morgan fingerprint density at radius 3 is 2.85 bits per heavy atom. The molecule has 0 atom stereocenters. The van der Waals surface area contributed by atoms with E-state index in [1.165, 1.54) is 6.07 Å². The second-order valence-corrected chi connectivity index (χ2v) is 2.15. The van der Waals surface area contributed by atoms with Crippen molar-refractivity contribution in [2.24, 2.45) is 0 Å². The van der Waals surface area contributed by atoms with E-state index >= 15 is 0 Å². The van der Waals surface area contributed by atoms with Crippen LogP contribution in [-0.2, 0) is 0 Å². The maximum absolute atomic E-state index is 12.8. The molecule has 0 unspecified atom stereocenters. The van der Waals surface area contributed by atoms with Gasteiger partial charge < -0.3 is 4.74 Å². The standard InChI is InChI=1S/C7H7FN2O3/c1-2-13-6-4-3-5(10(11)12)7(8)9-6/h3-4H,2H2,1H3. The molecule has 1 heterocycles. The second kappa shape index (κ2) is 3.79. The Labute approximate surface area is 73.3 Å². The molecule has 0 radical (unpaired) electrons. The molecule has 0 fully saturated rings. The van der Waals surface area contributed by atoms with Crippen LogP contribution in [0.25, 0.3) is 0 Å². The van der Waals surface area contributed by atoms with Gasteiger partial charge in [0.1, 0.15) is 0 Å². The van der Waals surface area contributed by atoms with Gasteiger partial charge in [0, 0.05) is 12.1 Å². The highest BCUT2D eigenvalue weighted by Crippen LogP contribution is 2.18. The molecule has 0 N–H and O–H groups in total. The lowest BCUT2D eigenvalue weighted by atomic mass is 10.4. The Kier molecular flexibility index (Phi) is 2.73. The lowest BCUT2D eigenvalue weighted by Gasteiger charge is -2.00. The summed E-state index contributed by atoms with van der Waals surface area (Å²) in [5, 5.41) is 10.2. The van der Waals surface area contributed by atoms with E-state index in [0.29, 0.717) is 6.61 Å². The van der Waals surface area contributed by atoms with E-state index < -0.39 is 16.6 Å².